The number of nitrogens with one attached hydrogen (secondary N) is 5. The molecule has 6 aromatic carbocycles. The summed E-state index contributed by atoms with van der Waals surface area (Å²) in [7, 11) is -4.25. The molecule has 1 aliphatic heterocycles. The Balaban J connectivity index is 0.941. The largest absolute Gasteiger partial charge is 0.508 e. The van der Waals surface area contributed by atoms with Crippen LogP contribution in [0.3, 0.4) is 0 Å². The third-order valence-electron chi connectivity index (χ3n) is 15.0. The molecule has 1 aliphatic carbocycles. The zero-order valence-corrected chi connectivity index (χ0v) is 51.3. The van der Waals surface area contributed by atoms with Gasteiger partial charge in [-0.25, -0.2) is 9.36 Å². The number of amides is 5. The number of aromatic carboxylic acids is 1. The minimum atomic E-state index is -4.25. The smallest absolute Gasteiger partial charge is 0.452 e. The Kier molecular flexibility index (Phi) is 22.9. The molecular formula is C69H77N6O13P. The van der Waals surface area contributed by atoms with Crippen molar-refractivity contribution in [2.45, 2.75) is 116 Å². The maximum absolute atomic E-state index is 15.1. The second kappa shape index (κ2) is 31.0. The van der Waals surface area contributed by atoms with Gasteiger partial charge in [0.05, 0.1) is 5.56 Å². The quantitative estimate of drug-likeness (QED) is 0.0114. The monoisotopic (exact) mass is 1230 g/mol. The Morgan fingerprint density at radius 2 is 1.26 bits per heavy atom. The highest BCUT2D eigenvalue weighted by Crippen LogP contribution is 2.54. The number of carboxylic acids is 1. The summed E-state index contributed by atoms with van der Waals surface area (Å²) >= 11 is 0. The van der Waals surface area contributed by atoms with Crippen LogP contribution in [0.4, 0.5) is 0 Å². The molecule has 8 rings (SSSR count). The molecule has 2 aliphatic rings. The summed E-state index contributed by atoms with van der Waals surface area (Å²) in [5.41, 5.74) is 7.59. The van der Waals surface area contributed by atoms with Gasteiger partial charge in [-0.15, -0.1) is 0 Å². The first-order valence-electron chi connectivity index (χ1n) is 30.1. The van der Waals surface area contributed by atoms with Crippen LogP contribution in [0.25, 0.3) is 44.2 Å². The number of fused-ring (bicyclic) bond motifs is 3. The topological polar surface area (TPSA) is 295 Å². The van der Waals surface area contributed by atoms with Gasteiger partial charge in [0.2, 0.25) is 23.6 Å². The van der Waals surface area contributed by atoms with E-state index in [0.29, 0.717) is 55.2 Å². The van der Waals surface area contributed by atoms with E-state index in [1.165, 1.54) is 48.5 Å². The predicted molar refractivity (Wildman–Crippen MR) is 343 cm³/mol. The first-order chi connectivity index (χ1) is 42.8. The van der Waals surface area contributed by atoms with Crippen LogP contribution in [0, 0.1) is 11.8 Å². The van der Waals surface area contributed by atoms with E-state index in [4.69, 9.17) is 19.2 Å². The number of benzene rings is 7. The second-order valence-corrected chi connectivity index (χ2v) is 25.1. The molecular weight excluding hydrogens is 1150 g/mol. The fourth-order valence-corrected chi connectivity index (χ4v) is 12.7. The number of carbonyl (C=O) groups is 6. The summed E-state index contributed by atoms with van der Waals surface area (Å²) in [5, 5.41) is 37.5. The number of hydrogen-bond donors (Lipinski definition) is 8. The number of phenols is 1. The number of carboxylic acid groups (broad SMARTS) is 1. The molecule has 0 spiro atoms. The van der Waals surface area contributed by atoms with Gasteiger partial charge in [-0.05, 0) is 152 Å². The molecule has 89 heavy (non-hydrogen) atoms. The van der Waals surface area contributed by atoms with Crippen LogP contribution in [0.5, 0.6) is 17.2 Å². The van der Waals surface area contributed by atoms with Gasteiger partial charge in [-0.1, -0.05) is 113 Å². The van der Waals surface area contributed by atoms with E-state index in [1.54, 1.807) is 66.7 Å². The molecule has 0 saturated heterocycles. The van der Waals surface area contributed by atoms with Crippen molar-refractivity contribution in [3.8, 4) is 39.7 Å². The fraction of sp³-hybridized carbons (Fsp3) is 0.319. The molecule has 19 nitrogen and oxygen atoms in total. The van der Waals surface area contributed by atoms with Crippen molar-refractivity contribution in [3.63, 3.8) is 0 Å². The van der Waals surface area contributed by atoms with Crippen molar-refractivity contribution in [1.82, 2.24) is 26.6 Å². The summed E-state index contributed by atoms with van der Waals surface area (Å²) in [4.78, 5) is 96.5. The Morgan fingerprint density at radius 3 is 1.93 bits per heavy atom. The molecule has 0 radical (unpaired) electrons. The highest BCUT2D eigenvalue weighted by Gasteiger charge is 2.43. The molecule has 0 bridgehead atoms. The van der Waals surface area contributed by atoms with Crippen molar-refractivity contribution in [2.24, 2.45) is 17.6 Å². The lowest BCUT2D eigenvalue weighted by atomic mass is 9.89. The van der Waals surface area contributed by atoms with Gasteiger partial charge >= 0.3 is 13.6 Å². The summed E-state index contributed by atoms with van der Waals surface area (Å²) in [5.74, 6) is -4.81. The standard InChI is InChI=1S/C69H77N6O13P/c1-43(2)36-58(68(82)75-63(37-44(3)4)89(85,87-51-20-8-5-9-21-51)88-52-22-10-6-11-23-52)74-66(80)57(24-15-16-34-70)73-67(81)59(39-45-26-27-46-18-13-14-19-47(46)38-45)72-62(78)25-12-7-17-35-71-65(79)48-28-31-53(69(83)84)56(40-48)64-54-32-29-49(76)41-60(54)86-61-42-50(77)30-33-55(61)64/h5-6,8-11,13-14,18-23,26-33,38,40-44,57-59,63,76H,7,12,15-17,24-25,34-37,39,70H2,1-4H3,(H,71,79)(H,72,78)(H,73,81)(H,74,80)(H,75,82)(H,83,84)/t57-,58-,59-,63+/m0/s1. The number of phenolic OH excluding ortho intramolecular Hbond substituents is 1. The van der Waals surface area contributed by atoms with Gasteiger partial charge in [0, 0.05) is 53.6 Å². The van der Waals surface area contributed by atoms with Crippen molar-refractivity contribution in [2.75, 3.05) is 13.1 Å². The van der Waals surface area contributed by atoms with Crippen molar-refractivity contribution < 1.29 is 57.0 Å². The summed E-state index contributed by atoms with van der Waals surface area (Å²) in [6.07, 6.45) is 2.95. The van der Waals surface area contributed by atoms with E-state index in [-0.39, 0.29) is 101 Å². The Hall–Kier alpha value is -9.32. The molecule has 0 fully saturated rings. The number of nitrogens with two attached hydrogens (primary N) is 1. The van der Waals surface area contributed by atoms with Crippen LogP contribution in [0.2, 0.25) is 0 Å². The molecule has 4 atom stereocenters. The Morgan fingerprint density at radius 1 is 0.607 bits per heavy atom. The minimum Gasteiger partial charge on any atom is -0.508 e. The maximum atomic E-state index is 15.1. The second-order valence-electron chi connectivity index (χ2n) is 23.0. The molecule has 6 aromatic rings. The summed E-state index contributed by atoms with van der Waals surface area (Å²) in [6.45, 7) is 8.17. The third-order valence-corrected chi connectivity index (χ3v) is 17.0. The van der Waals surface area contributed by atoms with Gasteiger partial charge in [-0.3, -0.25) is 28.8 Å². The van der Waals surface area contributed by atoms with Gasteiger partial charge in [-0.2, -0.15) is 0 Å². The molecule has 466 valence electrons. The van der Waals surface area contributed by atoms with E-state index in [2.05, 4.69) is 26.6 Å². The zero-order chi connectivity index (χ0) is 63.6. The van der Waals surface area contributed by atoms with Crippen LogP contribution < -0.4 is 46.8 Å². The Bertz CT molecular complexity index is 3810. The lowest BCUT2D eigenvalue weighted by Gasteiger charge is -2.31. The number of para-hydroxylation sites is 2. The van der Waals surface area contributed by atoms with E-state index in [1.807, 2.05) is 70.2 Å². The van der Waals surface area contributed by atoms with Crippen molar-refractivity contribution >= 4 is 64.8 Å². The third kappa shape index (κ3) is 18.1. The highest BCUT2D eigenvalue weighted by molar-refractivity contribution is 7.55. The molecule has 1 heterocycles. The van der Waals surface area contributed by atoms with Gasteiger partial charge in [0.25, 0.3) is 5.91 Å². The zero-order valence-electron chi connectivity index (χ0n) is 50.4. The van der Waals surface area contributed by atoms with Crippen LogP contribution in [0.15, 0.2) is 167 Å². The van der Waals surface area contributed by atoms with Crippen LogP contribution in [0.1, 0.15) is 112 Å². The average Bonchev–Trinajstić information content (AvgIpc) is 1.11. The lowest BCUT2D eigenvalue weighted by molar-refractivity contribution is -0.134. The van der Waals surface area contributed by atoms with Gasteiger partial charge in [0.1, 0.15) is 46.7 Å². The number of unbranched alkanes of at least 4 members (excludes halogenated alkanes) is 3. The molecule has 5 amide bonds. The van der Waals surface area contributed by atoms with Crippen LogP contribution in [-0.4, -0.2) is 82.7 Å². The molecule has 20 heteroatoms. The van der Waals surface area contributed by atoms with E-state index < -0.39 is 67.0 Å². The summed E-state index contributed by atoms with van der Waals surface area (Å²) in [6, 6.07) is 39.8. The van der Waals surface area contributed by atoms with E-state index >= 15 is 4.57 Å². The minimum absolute atomic E-state index is 0.0241. The summed E-state index contributed by atoms with van der Waals surface area (Å²) < 4.78 is 33.4. The van der Waals surface area contributed by atoms with Crippen LogP contribution >= 0.6 is 7.60 Å². The fourth-order valence-electron chi connectivity index (χ4n) is 10.6. The molecule has 0 saturated carbocycles. The number of hydrogen-bond acceptors (Lipinski definition) is 13. The number of rotatable bonds is 31. The molecule has 9 N–H and O–H groups in total. The van der Waals surface area contributed by atoms with E-state index in [9.17, 15) is 43.8 Å². The molecule has 0 unspecified atom stereocenters. The van der Waals surface area contributed by atoms with Crippen LogP contribution in [-0.2, 0) is 30.2 Å². The van der Waals surface area contributed by atoms with Crippen molar-refractivity contribution in [1.29, 1.82) is 0 Å². The number of aromatic hydroxyl groups is 1. The highest BCUT2D eigenvalue weighted by atomic mass is 31.2. The average molecular weight is 1230 g/mol. The Labute approximate surface area is 517 Å². The maximum Gasteiger partial charge on any atom is 0.452 e. The molecule has 0 aromatic heterocycles. The first-order valence-corrected chi connectivity index (χ1v) is 31.7. The normalized spacial score (nSPS) is 12.9. The number of carbonyl (C=O) groups excluding carboxylic acids is 5. The SMILES string of the molecule is CC(C)C[C@H](NC(=O)[C@H](CCCCN)NC(=O)[C@H](Cc1ccc2ccccc2c1)NC(=O)CCCCCNC(=O)c1ccc(C(=O)O)c(-c2c3ccc(=O)cc-3oc3cc(O)ccc23)c1)C(=O)N[C@@H](CC(C)C)P(=O)(Oc1ccccc1)Oc1ccccc1. The van der Waals surface area contributed by atoms with Gasteiger partial charge < -0.3 is 56.0 Å². The lowest BCUT2D eigenvalue weighted by Crippen LogP contribution is -2.58. The van der Waals surface area contributed by atoms with Crippen molar-refractivity contribution in [3.05, 3.63) is 185 Å². The predicted octanol–water partition coefficient (Wildman–Crippen LogP) is 11.1. The first kappa shape index (κ1) is 65.7. The van der Waals surface area contributed by atoms with Gasteiger partial charge in [0.15, 0.2) is 11.2 Å². The van der Waals surface area contributed by atoms with E-state index in [0.717, 1.165) is 16.3 Å².